The molecule has 6 heteroatoms. The van der Waals surface area contributed by atoms with Crippen LogP contribution >= 0.6 is 0 Å². The second-order valence-corrected chi connectivity index (χ2v) is 12.1. The third-order valence-electron chi connectivity index (χ3n) is 8.95. The van der Waals surface area contributed by atoms with Gasteiger partial charge < -0.3 is 9.15 Å². The van der Waals surface area contributed by atoms with Gasteiger partial charge in [-0.05, 0) is 77.7 Å². The molecule has 0 amide bonds. The molecular formula is C40H30N4O2. The lowest BCUT2D eigenvalue weighted by Crippen LogP contribution is -2.22. The van der Waals surface area contributed by atoms with E-state index in [0.717, 1.165) is 67.4 Å². The number of pyridine rings is 1. The van der Waals surface area contributed by atoms with Crippen molar-refractivity contribution in [2.24, 2.45) is 0 Å². The molecule has 1 aliphatic carbocycles. The van der Waals surface area contributed by atoms with Gasteiger partial charge in [-0.2, -0.15) is 0 Å². The summed E-state index contributed by atoms with van der Waals surface area (Å²) in [6.45, 7) is 4.42. The van der Waals surface area contributed by atoms with E-state index in [9.17, 15) is 0 Å². The minimum Gasteiger partial charge on any atom is -0.457 e. The van der Waals surface area contributed by atoms with Crippen LogP contribution < -0.4 is 9.64 Å². The highest BCUT2D eigenvalue weighted by Gasteiger charge is 2.28. The van der Waals surface area contributed by atoms with Gasteiger partial charge in [-0.1, -0.05) is 62.4 Å². The molecule has 2 bridgehead atoms. The fourth-order valence-corrected chi connectivity index (χ4v) is 6.69. The number of furan rings is 1. The summed E-state index contributed by atoms with van der Waals surface area (Å²) < 4.78 is 14.9. The number of rotatable bonds is 5. The van der Waals surface area contributed by atoms with E-state index < -0.39 is 0 Å². The van der Waals surface area contributed by atoms with Crippen molar-refractivity contribution in [1.82, 2.24) is 14.5 Å². The standard InChI is InChI=1S/C40H30N4O2/c1-25(2)26-18-19-41-38(21-26)44-29-9-4-3-8-27(20-29)32-15-14-31(23-35(32)44)45-30-11-7-10-28(22-30)43-24-42-34-16-17-37-39(40(34)43)33-12-5-6-13-36(33)46-37/h3-25,27H,1-2H3. The van der Waals surface area contributed by atoms with Crippen LogP contribution in [0.5, 0.6) is 11.5 Å². The Kier molecular flexibility index (Phi) is 5.96. The van der Waals surface area contributed by atoms with Crippen LogP contribution in [0.1, 0.15) is 36.8 Å². The molecule has 3 aromatic heterocycles. The van der Waals surface area contributed by atoms with E-state index >= 15 is 0 Å². The predicted octanol–water partition coefficient (Wildman–Crippen LogP) is 10.5. The van der Waals surface area contributed by atoms with Gasteiger partial charge in [0.2, 0.25) is 0 Å². The number of fused-ring (bicyclic) bond motifs is 8. The van der Waals surface area contributed by atoms with Crippen LogP contribution in [-0.4, -0.2) is 14.5 Å². The molecule has 1 unspecified atom stereocenters. The number of allylic oxidation sites excluding steroid dienone is 5. The monoisotopic (exact) mass is 598 g/mol. The number of anilines is 2. The van der Waals surface area contributed by atoms with Crippen LogP contribution in [-0.2, 0) is 0 Å². The molecule has 46 heavy (non-hydrogen) atoms. The highest BCUT2D eigenvalue weighted by molar-refractivity contribution is 6.17. The summed E-state index contributed by atoms with van der Waals surface area (Å²) in [4.78, 5) is 11.8. The topological polar surface area (TPSA) is 56.3 Å². The van der Waals surface area contributed by atoms with E-state index in [2.05, 4.69) is 102 Å². The first-order valence-electron chi connectivity index (χ1n) is 15.6. The molecule has 2 aliphatic rings. The lowest BCUT2D eigenvalue weighted by molar-refractivity contribution is 0.482. The Balaban J connectivity index is 1.12. The van der Waals surface area contributed by atoms with Crippen LogP contribution in [0.2, 0.25) is 0 Å². The molecule has 7 aromatic rings. The Morgan fingerprint density at radius 3 is 2.67 bits per heavy atom. The molecule has 0 N–H and O–H groups in total. The highest BCUT2D eigenvalue weighted by Crippen LogP contribution is 2.45. The van der Waals surface area contributed by atoms with E-state index in [1.54, 1.807) is 0 Å². The van der Waals surface area contributed by atoms with E-state index in [4.69, 9.17) is 19.1 Å². The van der Waals surface area contributed by atoms with Gasteiger partial charge in [0, 0.05) is 35.3 Å². The normalized spacial score (nSPS) is 15.5. The molecular weight excluding hydrogens is 568 g/mol. The van der Waals surface area contributed by atoms with Crippen LogP contribution in [0.3, 0.4) is 0 Å². The van der Waals surface area contributed by atoms with Crippen molar-refractivity contribution >= 4 is 44.5 Å². The van der Waals surface area contributed by atoms with Crippen molar-refractivity contribution in [3.8, 4) is 17.2 Å². The first-order valence-corrected chi connectivity index (χ1v) is 15.6. The van der Waals surface area contributed by atoms with Crippen molar-refractivity contribution in [1.29, 1.82) is 0 Å². The second-order valence-electron chi connectivity index (χ2n) is 12.1. The lowest BCUT2D eigenvalue weighted by Gasteiger charge is -2.33. The average molecular weight is 599 g/mol. The molecule has 4 aromatic carbocycles. The summed E-state index contributed by atoms with van der Waals surface area (Å²) in [5, 5.41) is 2.13. The van der Waals surface area contributed by atoms with Crippen molar-refractivity contribution in [3.05, 3.63) is 151 Å². The van der Waals surface area contributed by atoms with E-state index in [0.29, 0.717) is 5.92 Å². The Labute approximate surface area is 266 Å². The molecule has 9 rings (SSSR count). The van der Waals surface area contributed by atoms with Gasteiger partial charge in [-0.25, -0.2) is 9.97 Å². The predicted molar refractivity (Wildman–Crippen MR) is 184 cm³/mol. The number of hydrogen-bond acceptors (Lipinski definition) is 5. The molecule has 4 heterocycles. The Hall–Kier alpha value is -5.88. The molecule has 0 radical (unpaired) electrons. The fraction of sp³-hybridized carbons (Fsp3) is 0.100. The third kappa shape index (κ3) is 4.25. The maximum absolute atomic E-state index is 6.58. The lowest BCUT2D eigenvalue weighted by atomic mass is 9.91. The molecule has 0 saturated carbocycles. The van der Waals surface area contributed by atoms with Crippen LogP contribution in [0.25, 0.3) is 38.7 Å². The van der Waals surface area contributed by atoms with E-state index in [1.165, 1.54) is 11.1 Å². The maximum atomic E-state index is 6.58. The zero-order valence-electron chi connectivity index (χ0n) is 25.5. The number of imidazole rings is 1. The zero-order chi connectivity index (χ0) is 30.8. The molecule has 1 atom stereocenters. The van der Waals surface area contributed by atoms with E-state index in [-0.39, 0.29) is 5.92 Å². The number of para-hydroxylation sites is 1. The van der Waals surface area contributed by atoms with Crippen molar-refractivity contribution in [2.45, 2.75) is 25.7 Å². The minimum absolute atomic E-state index is 0.173. The molecule has 0 spiro atoms. The zero-order valence-corrected chi connectivity index (χ0v) is 25.5. The van der Waals surface area contributed by atoms with Crippen LogP contribution in [0.15, 0.2) is 144 Å². The van der Waals surface area contributed by atoms with Gasteiger partial charge in [0.25, 0.3) is 0 Å². The van der Waals surface area contributed by atoms with Gasteiger partial charge in [0.1, 0.15) is 34.8 Å². The maximum Gasteiger partial charge on any atom is 0.137 e. The minimum atomic E-state index is 0.173. The van der Waals surface area contributed by atoms with Gasteiger partial charge in [0.15, 0.2) is 0 Å². The third-order valence-corrected chi connectivity index (χ3v) is 8.95. The summed E-state index contributed by atoms with van der Waals surface area (Å²) >= 11 is 0. The molecule has 0 saturated heterocycles. The highest BCUT2D eigenvalue weighted by atomic mass is 16.5. The summed E-state index contributed by atoms with van der Waals surface area (Å²) in [7, 11) is 0. The molecule has 6 nitrogen and oxygen atoms in total. The van der Waals surface area contributed by atoms with Crippen molar-refractivity contribution in [2.75, 3.05) is 4.90 Å². The first-order chi connectivity index (χ1) is 22.6. The SMILES string of the molecule is CC(C)c1ccnc(N2C3=CC(C=CC=C3)c3ccc(Oc4cccc(-n5cnc6ccc7oc8ccccc8c7c65)c4)cc32)c1. The first kappa shape index (κ1) is 26.5. The van der Waals surface area contributed by atoms with Crippen LogP contribution in [0, 0.1) is 0 Å². The molecule has 1 aliphatic heterocycles. The second kappa shape index (κ2) is 10.3. The summed E-state index contributed by atoms with van der Waals surface area (Å²) in [6, 6.07) is 30.9. The molecule has 0 fully saturated rings. The van der Waals surface area contributed by atoms with Crippen molar-refractivity contribution < 1.29 is 9.15 Å². The quantitative estimate of drug-likeness (QED) is 0.197. The number of hydrogen-bond donors (Lipinski definition) is 0. The van der Waals surface area contributed by atoms with Gasteiger partial charge >= 0.3 is 0 Å². The fourth-order valence-electron chi connectivity index (χ4n) is 6.69. The van der Waals surface area contributed by atoms with Crippen LogP contribution in [0.4, 0.5) is 11.5 Å². The summed E-state index contributed by atoms with van der Waals surface area (Å²) in [5.41, 5.74) is 9.21. The number of ether oxygens (including phenoxy) is 1. The number of aromatic nitrogens is 3. The van der Waals surface area contributed by atoms with Gasteiger partial charge in [-0.15, -0.1) is 0 Å². The smallest absolute Gasteiger partial charge is 0.137 e. The molecule has 222 valence electrons. The summed E-state index contributed by atoms with van der Waals surface area (Å²) in [6.07, 6.45) is 14.7. The number of nitrogens with zero attached hydrogens (tertiary/aromatic N) is 4. The van der Waals surface area contributed by atoms with Crippen molar-refractivity contribution in [3.63, 3.8) is 0 Å². The average Bonchev–Trinajstić information content (AvgIpc) is 3.61. The summed E-state index contributed by atoms with van der Waals surface area (Å²) in [5.74, 6) is 2.96. The number of benzene rings is 4. The van der Waals surface area contributed by atoms with Gasteiger partial charge in [0.05, 0.1) is 27.8 Å². The largest absolute Gasteiger partial charge is 0.457 e. The Morgan fingerprint density at radius 1 is 0.826 bits per heavy atom. The Morgan fingerprint density at radius 2 is 1.74 bits per heavy atom. The van der Waals surface area contributed by atoms with Gasteiger partial charge in [-0.3, -0.25) is 9.47 Å². The van der Waals surface area contributed by atoms with E-state index in [1.807, 2.05) is 55.0 Å². The Bertz CT molecular complexity index is 2410.